The van der Waals surface area contributed by atoms with Crippen molar-refractivity contribution in [3.63, 3.8) is 0 Å². The SMILES string of the molecule is C[C@@H](OC[C@@]1(c2ccccc2)CC[C@@]23CN(Cc4ccccc4)C(=O)CN2C(=O)CN1C3)c1cc(C(F)(F)F)cc(C(F)(F)F)c1. The Morgan fingerprint density at radius 2 is 1.39 bits per heavy atom. The van der Waals surface area contributed by atoms with Crippen molar-refractivity contribution >= 4 is 11.8 Å². The van der Waals surface area contributed by atoms with Gasteiger partial charge in [0.1, 0.15) is 6.54 Å². The van der Waals surface area contributed by atoms with Crippen LogP contribution in [0, 0.1) is 0 Å². The van der Waals surface area contributed by atoms with E-state index >= 15 is 0 Å². The van der Waals surface area contributed by atoms with Crippen LogP contribution >= 0.6 is 0 Å². The lowest BCUT2D eigenvalue weighted by Gasteiger charge is -2.63. The molecule has 1 unspecified atom stereocenters. The van der Waals surface area contributed by atoms with Gasteiger partial charge in [0.05, 0.1) is 41.5 Å². The number of alkyl halides is 6. The predicted molar refractivity (Wildman–Crippen MR) is 156 cm³/mol. The number of hydrogen-bond acceptors (Lipinski definition) is 4. The summed E-state index contributed by atoms with van der Waals surface area (Å²) in [7, 11) is 0. The highest BCUT2D eigenvalue weighted by atomic mass is 19.4. The standard InChI is InChI=1S/C34H33F6N3O3/c1-23(25-14-27(33(35,36)37)16-28(15-25)34(38,39)40)46-22-32(26-10-6-3-7-11-26)13-12-31-20-41(17-24-8-4-2-5-9-24)29(44)19-43(31)30(45)18-42(32)21-31/h2-11,14-16,23H,12-13,17-22H2,1H3/t23-,31+,32-/m1/s1. The van der Waals surface area contributed by atoms with E-state index in [1.54, 1.807) is 9.80 Å². The van der Waals surface area contributed by atoms with Crippen molar-refractivity contribution in [2.75, 3.05) is 32.8 Å². The van der Waals surface area contributed by atoms with Gasteiger partial charge in [-0.05, 0) is 54.7 Å². The monoisotopic (exact) mass is 645 g/mol. The van der Waals surface area contributed by atoms with Crippen LogP contribution in [0.1, 0.15) is 53.7 Å². The zero-order chi connectivity index (χ0) is 32.9. The second-order valence-electron chi connectivity index (χ2n) is 12.5. The summed E-state index contributed by atoms with van der Waals surface area (Å²) in [5.41, 5.74) is -2.79. The van der Waals surface area contributed by atoms with Crippen molar-refractivity contribution in [2.24, 2.45) is 0 Å². The molecule has 4 atom stereocenters. The van der Waals surface area contributed by atoms with Crippen LogP contribution in [0.25, 0.3) is 0 Å². The number of amides is 2. The Kier molecular flexibility index (Phi) is 8.17. The smallest absolute Gasteiger partial charge is 0.372 e. The molecular formula is C34H33F6N3O3. The number of halogens is 6. The molecule has 3 aromatic rings. The lowest BCUT2D eigenvalue weighted by molar-refractivity contribution is -0.185. The first-order valence-electron chi connectivity index (χ1n) is 15.0. The predicted octanol–water partition coefficient (Wildman–Crippen LogP) is 6.42. The van der Waals surface area contributed by atoms with Crippen molar-refractivity contribution in [1.82, 2.24) is 14.7 Å². The Bertz CT molecular complexity index is 1570. The Morgan fingerprint density at radius 3 is 2.00 bits per heavy atom. The molecular weight excluding hydrogens is 612 g/mol. The van der Waals surface area contributed by atoms with Crippen LogP contribution in [0.4, 0.5) is 26.3 Å². The van der Waals surface area contributed by atoms with Crippen molar-refractivity contribution < 1.29 is 40.7 Å². The zero-order valence-corrected chi connectivity index (χ0v) is 25.1. The number of nitrogens with zero attached hydrogens (tertiary/aromatic N) is 3. The second-order valence-corrected chi connectivity index (χ2v) is 12.5. The van der Waals surface area contributed by atoms with Crippen molar-refractivity contribution in [1.29, 1.82) is 0 Å². The van der Waals surface area contributed by atoms with Crippen molar-refractivity contribution in [3.8, 4) is 0 Å². The van der Waals surface area contributed by atoms with Crippen LogP contribution in [0.2, 0.25) is 0 Å². The highest BCUT2D eigenvalue weighted by molar-refractivity contribution is 5.89. The fourth-order valence-corrected chi connectivity index (χ4v) is 7.12. The van der Waals surface area contributed by atoms with Crippen LogP contribution in [-0.4, -0.2) is 64.8 Å². The molecule has 0 saturated carbocycles. The highest BCUT2D eigenvalue weighted by Gasteiger charge is 2.59. The maximum Gasteiger partial charge on any atom is 0.416 e. The molecule has 3 heterocycles. The molecule has 3 saturated heterocycles. The molecule has 2 amide bonds. The summed E-state index contributed by atoms with van der Waals surface area (Å²) in [6.45, 7) is 2.48. The van der Waals surface area contributed by atoms with Gasteiger partial charge >= 0.3 is 12.4 Å². The van der Waals surface area contributed by atoms with Gasteiger partial charge in [0.15, 0.2) is 0 Å². The van der Waals surface area contributed by atoms with Crippen molar-refractivity contribution in [2.45, 2.75) is 55.8 Å². The molecule has 12 heteroatoms. The minimum absolute atomic E-state index is 0.0118. The molecule has 244 valence electrons. The lowest BCUT2D eigenvalue weighted by atomic mass is 9.71. The van der Waals surface area contributed by atoms with E-state index in [-0.39, 0.29) is 43.1 Å². The number of hydrogen-bond donors (Lipinski definition) is 0. The maximum atomic E-state index is 13.6. The van der Waals surface area contributed by atoms with E-state index < -0.39 is 40.7 Å². The summed E-state index contributed by atoms with van der Waals surface area (Å²) in [6, 6.07) is 20.4. The number of piperidine rings is 1. The molecule has 1 spiro atoms. The first-order valence-corrected chi connectivity index (χ1v) is 15.0. The summed E-state index contributed by atoms with van der Waals surface area (Å²) >= 11 is 0. The molecule has 46 heavy (non-hydrogen) atoms. The van der Waals surface area contributed by atoms with Gasteiger partial charge in [-0.3, -0.25) is 14.5 Å². The van der Waals surface area contributed by atoms with Gasteiger partial charge in [0.2, 0.25) is 11.8 Å². The molecule has 0 radical (unpaired) electrons. The lowest BCUT2D eigenvalue weighted by Crippen LogP contribution is -2.78. The van der Waals surface area contributed by atoms with Crippen molar-refractivity contribution in [3.05, 3.63) is 107 Å². The Balaban J connectivity index is 1.29. The minimum Gasteiger partial charge on any atom is -0.372 e. The maximum absolute atomic E-state index is 13.6. The molecule has 3 aromatic carbocycles. The van der Waals surface area contributed by atoms with Gasteiger partial charge in [0, 0.05) is 19.6 Å². The van der Waals surface area contributed by atoms with E-state index in [4.69, 9.17) is 4.74 Å². The summed E-state index contributed by atoms with van der Waals surface area (Å²) in [5, 5.41) is 0. The Morgan fingerprint density at radius 1 is 0.783 bits per heavy atom. The fourth-order valence-electron chi connectivity index (χ4n) is 7.12. The third kappa shape index (κ3) is 6.00. The molecule has 3 aliphatic rings. The third-order valence-corrected chi connectivity index (χ3v) is 9.60. The number of benzene rings is 3. The number of ether oxygens (including phenoxy) is 1. The normalized spacial score (nSPS) is 25.8. The zero-order valence-electron chi connectivity index (χ0n) is 25.1. The fraction of sp³-hybridized carbons (Fsp3) is 0.412. The average molecular weight is 646 g/mol. The highest BCUT2D eigenvalue weighted by Crippen LogP contribution is 2.48. The average Bonchev–Trinajstić information content (AvgIpc) is 3.02. The largest absolute Gasteiger partial charge is 0.416 e. The number of fused-ring (bicyclic) bond motifs is 1. The number of carbonyl (C=O) groups excluding carboxylic acids is 2. The van der Waals surface area contributed by atoms with E-state index in [2.05, 4.69) is 0 Å². The minimum atomic E-state index is -4.98. The summed E-state index contributed by atoms with van der Waals surface area (Å²) < 4.78 is 87.6. The Labute approximate surface area is 262 Å². The number of piperazine rings is 2. The van der Waals surface area contributed by atoms with E-state index in [1.807, 2.05) is 65.6 Å². The van der Waals surface area contributed by atoms with Gasteiger partial charge in [-0.15, -0.1) is 0 Å². The number of rotatable bonds is 7. The van der Waals surface area contributed by atoms with Gasteiger partial charge < -0.3 is 14.5 Å². The first kappa shape index (κ1) is 32.1. The molecule has 3 aliphatic heterocycles. The third-order valence-electron chi connectivity index (χ3n) is 9.60. The van der Waals surface area contributed by atoms with Crippen LogP contribution in [0.15, 0.2) is 78.9 Å². The Hall–Kier alpha value is -3.90. The van der Waals surface area contributed by atoms with Crippen LogP contribution < -0.4 is 0 Å². The molecule has 3 fully saturated rings. The molecule has 0 aromatic heterocycles. The van der Waals surface area contributed by atoms with Crippen LogP contribution in [0.5, 0.6) is 0 Å². The summed E-state index contributed by atoms with van der Waals surface area (Å²) in [6.07, 6.45) is -10.1. The topological polar surface area (TPSA) is 53.1 Å². The van der Waals surface area contributed by atoms with E-state index in [1.165, 1.54) is 6.92 Å². The molecule has 2 bridgehead atoms. The quantitative estimate of drug-likeness (QED) is 0.279. The van der Waals surface area contributed by atoms with E-state index in [0.717, 1.165) is 11.1 Å². The molecule has 0 aliphatic carbocycles. The first-order chi connectivity index (χ1) is 21.7. The van der Waals surface area contributed by atoms with Crippen LogP contribution in [0.3, 0.4) is 0 Å². The molecule has 0 N–H and O–H groups in total. The van der Waals surface area contributed by atoms with Crippen LogP contribution in [-0.2, 0) is 38.8 Å². The van der Waals surface area contributed by atoms with E-state index in [9.17, 15) is 35.9 Å². The van der Waals surface area contributed by atoms with Gasteiger partial charge in [-0.25, -0.2) is 0 Å². The summed E-state index contributed by atoms with van der Waals surface area (Å²) in [5.74, 6) is -0.340. The van der Waals surface area contributed by atoms with E-state index in [0.29, 0.717) is 44.6 Å². The van der Waals surface area contributed by atoms with Gasteiger partial charge in [-0.2, -0.15) is 26.3 Å². The number of carbonyl (C=O) groups is 2. The second kappa shape index (κ2) is 11.7. The molecule has 6 nitrogen and oxygen atoms in total. The van der Waals surface area contributed by atoms with Gasteiger partial charge in [-0.1, -0.05) is 60.7 Å². The van der Waals surface area contributed by atoms with Gasteiger partial charge in [0.25, 0.3) is 0 Å². The summed E-state index contributed by atoms with van der Waals surface area (Å²) in [4.78, 5) is 32.3. The molecule has 6 rings (SSSR count).